The van der Waals surface area contributed by atoms with Crippen LogP contribution in [0, 0.1) is 18.3 Å². The SMILES string of the molecule is Cc1cc(N2CCCCC2)ncc1C#N. The van der Waals surface area contributed by atoms with Crippen molar-refractivity contribution < 1.29 is 0 Å². The number of rotatable bonds is 1. The van der Waals surface area contributed by atoms with Crippen LogP contribution in [-0.2, 0) is 0 Å². The molecular formula is C12H15N3. The highest BCUT2D eigenvalue weighted by atomic mass is 15.2. The second-order valence-corrected chi connectivity index (χ2v) is 4.02. The quantitative estimate of drug-likeness (QED) is 0.699. The topological polar surface area (TPSA) is 39.9 Å². The molecule has 1 aliphatic rings. The number of aryl methyl sites for hydroxylation is 1. The van der Waals surface area contributed by atoms with Gasteiger partial charge in [-0.1, -0.05) is 0 Å². The summed E-state index contributed by atoms with van der Waals surface area (Å²) in [5.74, 6) is 1.02. The molecular weight excluding hydrogens is 186 g/mol. The molecule has 2 rings (SSSR count). The van der Waals surface area contributed by atoms with Gasteiger partial charge in [0.2, 0.25) is 0 Å². The van der Waals surface area contributed by atoms with E-state index in [1.165, 1.54) is 19.3 Å². The lowest BCUT2D eigenvalue weighted by molar-refractivity contribution is 0.573. The van der Waals surface area contributed by atoms with Crippen molar-refractivity contribution in [1.29, 1.82) is 5.26 Å². The smallest absolute Gasteiger partial charge is 0.128 e. The lowest BCUT2D eigenvalue weighted by Gasteiger charge is -2.27. The maximum absolute atomic E-state index is 8.82. The Morgan fingerprint density at radius 1 is 1.33 bits per heavy atom. The molecule has 0 saturated carbocycles. The van der Waals surface area contributed by atoms with Crippen LogP contribution < -0.4 is 4.90 Å². The fourth-order valence-corrected chi connectivity index (χ4v) is 1.95. The van der Waals surface area contributed by atoms with Crippen molar-refractivity contribution in [3.05, 3.63) is 23.4 Å². The van der Waals surface area contributed by atoms with E-state index in [2.05, 4.69) is 16.0 Å². The summed E-state index contributed by atoms with van der Waals surface area (Å²) in [6.45, 7) is 4.16. The van der Waals surface area contributed by atoms with Gasteiger partial charge in [-0.3, -0.25) is 0 Å². The Kier molecular flexibility index (Phi) is 2.86. The van der Waals surface area contributed by atoms with Gasteiger partial charge >= 0.3 is 0 Å². The molecule has 0 spiro atoms. The number of aromatic nitrogens is 1. The van der Waals surface area contributed by atoms with Gasteiger partial charge in [-0.05, 0) is 37.8 Å². The molecule has 0 unspecified atom stereocenters. The van der Waals surface area contributed by atoms with Crippen LogP contribution in [0.5, 0.6) is 0 Å². The number of hydrogen-bond acceptors (Lipinski definition) is 3. The molecule has 0 atom stereocenters. The molecule has 1 aromatic rings. The molecule has 0 amide bonds. The summed E-state index contributed by atoms with van der Waals surface area (Å²) in [4.78, 5) is 6.64. The first-order valence-corrected chi connectivity index (χ1v) is 5.43. The predicted molar refractivity (Wildman–Crippen MR) is 59.8 cm³/mol. The molecule has 78 valence electrons. The van der Waals surface area contributed by atoms with E-state index >= 15 is 0 Å². The van der Waals surface area contributed by atoms with E-state index < -0.39 is 0 Å². The van der Waals surface area contributed by atoms with Gasteiger partial charge in [-0.2, -0.15) is 5.26 Å². The monoisotopic (exact) mass is 201 g/mol. The molecule has 0 bridgehead atoms. The van der Waals surface area contributed by atoms with Crippen LogP contribution in [0.25, 0.3) is 0 Å². The zero-order valence-electron chi connectivity index (χ0n) is 9.03. The maximum Gasteiger partial charge on any atom is 0.128 e. The first kappa shape index (κ1) is 9.97. The highest BCUT2D eigenvalue weighted by Gasteiger charge is 2.12. The number of pyridine rings is 1. The van der Waals surface area contributed by atoms with Gasteiger partial charge in [0, 0.05) is 19.3 Å². The summed E-state index contributed by atoms with van der Waals surface area (Å²) in [6.07, 6.45) is 5.51. The number of nitriles is 1. The molecule has 0 aromatic carbocycles. The van der Waals surface area contributed by atoms with E-state index in [4.69, 9.17) is 5.26 Å². The van der Waals surface area contributed by atoms with Gasteiger partial charge in [-0.15, -0.1) is 0 Å². The Bertz CT molecular complexity index is 386. The Balaban J connectivity index is 2.22. The van der Waals surface area contributed by atoms with Crippen molar-refractivity contribution in [1.82, 2.24) is 4.98 Å². The van der Waals surface area contributed by atoms with Crippen molar-refractivity contribution >= 4 is 5.82 Å². The summed E-state index contributed by atoms with van der Waals surface area (Å²) in [7, 11) is 0. The zero-order valence-corrected chi connectivity index (χ0v) is 9.03. The van der Waals surface area contributed by atoms with E-state index in [1.807, 2.05) is 13.0 Å². The molecule has 3 nitrogen and oxygen atoms in total. The maximum atomic E-state index is 8.82. The minimum atomic E-state index is 0.677. The molecule has 1 saturated heterocycles. The highest BCUT2D eigenvalue weighted by molar-refractivity contribution is 5.46. The van der Waals surface area contributed by atoms with Crippen LogP contribution in [-0.4, -0.2) is 18.1 Å². The summed E-state index contributed by atoms with van der Waals surface area (Å²) in [5, 5.41) is 8.82. The number of hydrogen-bond donors (Lipinski definition) is 0. The molecule has 1 aliphatic heterocycles. The highest BCUT2D eigenvalue weighted by Crippen LogP contribution is 2.19. The summed E-state index contributed by atoms with van der Waals surface area (Å²) < 4.78 is 0. The minimum absolute atomic E-state index is 0.677. The number of nitrogens with zero attached hydrogens (tertiary/aromatic N) is 3. The fourth-order valence-electron chi connectivity index (χ4n) is 1.95. The molecule has 0 N–H and O–H groups in total. The van der Waals surface area contributed by atoms with E-state index in [-0.39, 0.29) is 0 Å². The Labute approximate surface area is 90.4 Å². The summed E-state index contributed by atoms with van der Waals surface area (Å²) >= 11 is 0. The lowest BCUT2D eigenvalue weighted by atomic mass is 10.1. The molecule has 3 heteroatoms. The van der Waals surface area contributed by atoms with E-state index in [0.717, 1.165) is 24.5 Å². The molecule has 0 radical (unpaired) electrons. The molecule has 1 aromatic heterocycles. The van der Waals surface area contributed by atoms with E-state index in [9.17, 15) is 0 Å². The number of anilines is 1. The van der Waals surface area contributed by atoms with E-state index in [1.54, 1.807) is 6.20 Å². The van der Waals surface area contributed by atoms with Gasteiger partial charge in [0.05, 0.1) is 5.56 Å². The van der Waals surface area contributed by atoms with Gasteiger partial charge in [0.15, 0.2) is 0 Å². The van der Waals surface area contributed by atoms with Crippen molar-refractivity contribution in [3.8, 4) is 6.07 Å². The normalized spacial score (nSPS) is 16.1. The van der Waals surface area contributed by atoms with Crippen LogP contribution in [0.2, 0.25) is 0 Å². The molecule has 2 heterocycles. The van der Waals surface area contributed by atoms with Crippen LogP contribution in [0.1, 0.15) is 30.4 Å². The largest absolute Gasteiger partial charge is 0.357 e. The van der Waals surface area contributed by atoms with Crippen LogP contribution in [0.4, 0.5) is 5.82 Å². The first-order valence-electron chi connectivity index (χ1n) is 5.43. The van der Waals surface area contributed by atoms with Crippen LogP contribution >= 0.6 is 0 Å². The lowest BCUT2D eigenvalue weighted by Crippen LogP contribution is -2.30. The van der Waals surface area contributed by atoms with Gasteiger partial charge in [-0.25, -0.2) is 4.98 Å². The Morgan fingerprint density at radius 3 is 2.67 bits per heavy atom. The van der Waals surface area contributed by atoms with Gasteiger partial charge in [0.1, 0.15) is 11.9 Å². The van der Waals surface area contributed by atoms with Crippen LogP contribution in [0.3, 0.4) is 0 Å². The van der Waals surface area contributed by atoms with E-state index in [0.29, 0.717) is 5.56 Å². The molecule has 0 aliphatic carbocycles. The third-order valence-electron chi connectivity index (χ3n) is 2.90. The van der Waals surface area contributed by atoms with Crippen LogP contribution in [0.15, 0.2) is 12.3 Å². The standard InChI is InChI=1S/C12H15N3/c1-10-7-12(14-9-11(10)8-13)15-5-3-2-4-6-15/h7,9H,2-6H2,1H3. The third-order valence-corrected chi connectivity index (χ3v) is 2.90. The Morgan fingerprint density at radius 2 is 2.07 bits per heavy atom. The van der Waals surface area contributed by atoms with Crippen molar-refractivity contribution in [2.75, 3.05) is 18.0 Å². The van der Waals surface area contributed by atoms with Gasteiger partial charge in [0.25, 0.3) is 0 Å². The third kappa shape index (κ3) is 2.10. The summed E-state index contributed by atoms with van der Waals surface area (Å²) in [5.41, 5.74) is 1.70. The first-order chi connectivity index (χ1) is 7.31. The Hall–Kier alpha value is -1.56. The van der Waals surface area contributed by atoms with Crippen molar-refractivity contribution in [2.24, 2.45) is 0 Å². The molecule has 1 fully saturated rings. The summed E-state index contributed by atoms with van der Waals surface area (Å²) in [6, 6.07) is 4.16. The fraction of sp³-hybridized carbons (Fsp3) is 0.500. The van der Waals surface area contributed by atoms with Crippen molar-refractivity contribution in [3.63, 3.8) is 0 Å². The second-order valence-electron chi connectivity index (χ2n) is 4.02. The average Bonchev–Trinajstić information content (AvgIpc) is 2.30. The number of piperidine rings is 1. The van der Waals surface area contributed by atoms with Gasteiger partial charge < -0.3 is 4.90 Å². The molecule has 15 heavy (non-hydrogen) atoms. The average molecular weight is 201 g/mol. The second kappa shape index (κ2) is 4.31. The van der Waals surface area contributed by atoms with Crippen molar-refractivity contribution in [2.45, 2.75) is 26.2 Å². The zero-order chi connectivity index (χ0) is 10.7. The minimum Gasteiger partial charge on any atom is -0.357 e. The predicted octanol–water partition coefficient (Wildman–Crippen LogP) is 2.25.